The quantitative estimate of drug-likeness (QED) is 0.662. The highest BCUT2D eigenvalue weighted by Crippen LogP contribution is 2.32. The Balaban J connectivity index is 1.73. The average molecular weight is 393 g/mol. The molecular weight excluding hydrogens is 374 g/mol. The van der Waals surface area contributed by atoms with E-state index in [1.165, 1.54) is 0 Å². The lowest BCUT2D eigenvalue weighted by molar-refractivity contribution is 0.174. The number of fused-ring (bicyclic) bond motifs is 1. The molecule has 2 heterocycles. The number of benzene rings is 2. The number of aromatic hydroxyl groups is 1. The lowest BCUT2D eigenvalue weighted by Gasteiger charge is -2.13. The molecule has 0 saturated carbocycles. The van der Waals surface area contributed by atoms with Gasteiger partial charge in [-0.3, -0.25) is 14.8 Å². The van der Waals surface area contributed by atoms with Crippen molar-refractivity contribution >= 4 is 5.71 Å². The Labute approximate surface area is 165 Å². The first-order valence-corrected chi connectivity index (χ1v) is 9.00. The smallest absolute Gasteiger partial charge is 0.335 e. The normalized spacial score (nSPS) is 13.0. The van der Waals surface area contributed by atoms with Crippen LogP contribution in [0, 0.1) is 6.92 Å². The van der Waals surface area contributed by atoms with E-state index in [1.54, 1.807) is 25.1 Å². The summed E-state index contributed by atoms with van der Waals surface area (Å²) in [4.78, 5) is 31.4. The fourth-order valence-electron chi connectivity index (χ4n) is 3.22. The van der Waals surface area contributed by atoms with Crippen molar-refractivity contribution in [3.05, 3.63) is 80.0 Å². The van der Waals surface area contributed by atoms with Gasteiger partial charge in [-0.15, -0.1) is 0 Å². The van der Waals surface area contributed by atoms with E-state index in [2.05, 4.69) is 9.98 Å². The Morgan fingerprint density at radius 1 is 1.17 bits per heavy atom. The summed E-state index contributed by atoms with van der Waals surface area (Å²) in [6, 6.07) is 12.5. The molecule has 4 rings (SSSR count). The molecule has 3 aromatic rings. The molecule has 8 nitrogen and oxygen atoms in total. The Morgan fingerprint density at radius 2 is 1.93 bits per heavy atom. The fraction of sp³-hybridized carbons (Fsp3) is 0.190. The van der Waals surface area contributed by atoms with Crippen molar-refractivity contribution in [1.29, 1.82) is 0 Å². The summed E-state index contributed by atoms with van der Waals surface area (Å²) in [5.41, 5.74) is 0.974. The largest absolute Gasteiger partial charge is 0.493 e. The van der Waals surface area contributed by atoms with E-state index in [0.717, 1.165) is 15.7 Å². The van der Waals surface area contributed by atoms with Crippen LogP contribution in [0.4, 0.5) is 0 Å². The molecule has 0 bridgehead atoms. The van der Waals surface area contributed by atoms with E-state index in [-0.39, 0.29) is 18.9 Å². The number of nitrogens with zero attached hydrogens (tertiary/aromatic N) is 2. The molecule has 8 heteroatoms. The van der Waals surface area contributed by atoms with Crippen molar-refractivity contribution in [2.45, 2.75) is 20.4 Å². The second-order valence-electron chi connectivity index (χ2n) is 6.67. The Bertz CT molecular complexity index is 1240. The van der Waals surface area contributed by atoms with Crippen LogP contribution in [0.15, 0.2) is 57.0 Å². The van der Waals surface area contributed by atoms with Crippen LogP contribution < -0.4 is 20.7 Å². The molecule has 0 radical (unpaired) electrons. The van der Waals surface area contributed by atoms with Crippen LogP contribution in [0.2, 0.25) is 0 Å². The predicted octanol–water partition coefficient (Wildman–Crippen LogP) is 2.28. The van der Waals surface area contributed by atoms with Crippen molar-refractivity contribution in [2.24, 2.45) is 4.99 Å². The molecule has 0 fully saturated rings. The summed E-state index contributed by atoms with van der Waals surface area (Å²) >= 11 is 0. The highest BCUT2D eigenvalue weighted by molar-refractivity contribution is 6.00. The van der Waals surface area contributed by atoms with Crippen LogP contribution in [-0.4, -0.2) is 27.2 Å². The number of para-hydroxylation sites is 1. The molecule has 2 aromatic carbocycles. The highest BCUT2D eigenvalue weighted by Gasteiger charge is 2.19. The monoisotopic (exact) mass is 393 g/mol. The topological polar surface area (TPSA) is 106 Å². The molecule has 2 N–H and O–H groups in total. The van der Waals surface area contributed by atoms with Gasteiger partial charge in [0.15, 0.2) is 11.5 Å². The predicted molar refractivity (Wildman–Crippen MR) is 108 cm³/mol. The molecule has 0 spiro atoms. The van der Waals surface area contributed by atoms with Crippen molar-refractivity contribution in [2.75, 3.05) is 6.79 Å². The molecule has 148 valence electrons. The summed E-state index contributed by atoms with van der Waals surface area (Å²) < 4.78 is 11.7. The number of rotatable bonds is 4. The van der Waals surface area contributed by atoms with Gasteiger partial charge in [0.25, 0.3) is 5.56 Å². The molecule has 0 saturated heterocycles. The average Bonchev–Trinajstić information content (AvgIpc) is 3.15. The van der Waals surface area contributed by atoms with Crippen molar-refractivity contribution in [1.82, 2.24) is 9.55 Å². The first-order chi connectivity index (χ1) is 14.0. The van der Waals surface area contributed by atoms with Crippen LogP contribution in [0.1, 0.15) is 23.6 Å². The van der Waals surface area contributed by atoms with Crippen LogP contribution >= 0.6 is 0 Å². The third kappa shape index (κ3) is 3.40. The molecule has 29 heavy (non-hydrogen) atoms. The zero-order chi connectivity index (χ0) is 20.5. The summed E-state index contributed by atoms with van der Waals surface area (Å²) in [6.07, 6.45) is 0. The third-order valence-corrected chi connectivity index (χ3v) is 4.74. The van der Waals surface area contributed by atoms with Gasteiger partial charge in [-0.2, -0.15) is 0 Å². The number of H-pyrrole nitrogens is 1. The van der Waals surface area contributed by atoms with Gasteiger partial charge in [-0.05, 0) is 43.2 Å². The van der Waals surface area contributed by atoms with E-state index in [1.807, 2.05) is 31.2 Å². The molecule has 1 aliphatic heterocycles. The van der Waals surface area contributed by atoms with E-state index in [4.69, 9.17) is 9.47 Å². The molecule has 1 aliphatic rings. The second kappa shape index (κ2) is 7.31. The van der Waals surface area contributed by atoms with Gasteiger partial charge in [-0.25, -0.2) is 9.36 Å². The van der Waals surface area contributed by atoms with E-state index in [0.29, 0.717) is 22.9 Å². The molecule has 0 aliphatic carbocycles. The number of ether oxygens (including phenoxy) is 2. The first kappa shape index (κ1) is 18.5. The SMILES string of the molecule is CC(=NCc1ccc2c(c1)OCO2)c1c(O)n(-c2ccccc2C)c(=O)[nH]c1=O. The number of hydrogen-bond acceptors (Lipinski definition) is 6. The molecule has 0 atom stereocenters. The Hall–Kier alpha value is -3.81. The highest BCUT2D eigenvalue weighted by atomic mass is 16.7. The summed E-state index contributed by atoms with van der Waals surface area (Å²) in [5, 5.41) is 10.7. The van der Waals surface area contributed by atoms with Gasteiger partial charge >= 0.3 is 5.69 Å². The van der Waals surface area contributed by atoms with Crippen LogP contribution in [0.3, 0.4) is 0 Å². The minimum atomic E-state index is -0.714. The number of aromatic amines is 1. The zero-order valence-corrected chi connectivity index (χ0v) is 15.9. The first-order valence-electron chi connectivity index (χ1n) is 9.00. The van der Waals surface area contributed by atoms with Crippen LogP contribution in [-0.2, 0) is 6.54 Å². The second-order valence-corrected chi connectivity index (χ2v) is 6.67. The van der Waals surface area contributed by atoms with Gasteiger partial charge in [0.1, 0.15) is 5.56 Å². The summed E-state index contributed by atoms with van der Waals surface area (Å²) in [7, 11) is 0. The Morgan fingerprint density at radius 3 is 2.72 bits per heavy atom. The van der Waals surface area contributed by atoms with Crippen molar-refractivity contribution in [3.63, 3.8) is 0 Å². The third-order valence-electron chi connectivity index (χ3n) is 4.74. The van der Waals surface area contributed by atoms with Crippen molar-refractivity contribution in [3.8, 4) is 23.1 Å². The number of aryl methyl sites for hydroxylation is 1. The van der Waals surface area contributed by atoms with Crippen molar-refractivity contribution < 1.29 is 14.6 Å². The lowest BCUT2D eigenvalue weighted by Crippen LogP contribution is -2.33. The van der Waals surface area contributed by atoms with Crippen LogP contribution in [0.25, 0.3) is 5.69 Å². The van der Waals surface area contributed by atoms with E-state index >= 15 is 0 Å². The minimum Gasteiger partial charge on any atom is -0.493 e. The van der Waals surface area contributed by atoms with Gasteiger partial charge in [0.05, 0.1) is 17.9 Å². The molecule has 0 unspecified atom stereocenters. The Kier molecular flexibility index (Phi) is 4.67. The zero-order valence-electron chi connectivity index (χ0n) is 15.9. The standard InChI is InChI=1S/C21H19N3O5/c1-12-5-3-4-6-15(12)24-20(26)18(19(25)23-21(24)27)13(2)22-10-14-7-8-16-17(9-14)29-11-28-16/h3-9,26H,10-11H2,1-2H3,(H,23,25,27). The molecule has 0 amide bonds. The van der Waals surface area contributed by atoms with Crippen LogP contribution in [0.5, 0.6) is 17.4 Å². The number of nitrogens with one attached hydrogen (secondary N) is 1. The fourth-order valence-corrected chi connectivity index (χ4v) is 3.22. The molecule has 1 aromatic heterocycles. The maximum absolute atomic E-state index is 12.4. The van der Waals surface area contributed by atoms with Gasteiger partial charge in [0, 0.05) is 0 Å². The number of hydrogen-bond donors (Lipinski definition) is 2. The molecular formula is C21H19N3O5. The maximum Gasteiger partial charge on any atom is 0.335 e. The minimum absolute atomic E-state index is 0.0476. The number of aliphatic imine (C=N–C) groups is 1. The van der Waals surface area contributed by atoms with Gasteiger partial charge in [0.2, 0.25) is 12.7 Å². The maximum atomic E-state index is 12.4. The van der Waals surface area contributed by atoms with E-state index in [9.17, 15) is 14.7 Å². The van der Waals surface area contributed by atoms with E-state index < -0.39 is 17.1 Å². The van der Waals surface area contributed by atoms with Gasteiger partial charge < -0.3 is 14.6 Å². The lowest BCUT2D eigenvalue weighted by atomic mass is 10.1. The summed E-state index contributed by atoms with van der Waals surface area (Å²) in [6.45, 7) is 3.88. The van der Waals surface area contributed by atoms with Gasteiger partial charge in [-0.1, -0.05) is 24.3 Å². The summed E-state index contributed by atoms with van der Waals surface area (Å²) in [5.74, 6) is 0.873. The number of aromatic nitrogens is 2.